The Morgan fingerprint density at radius 3 is 2.78 bits per heavy atom. The van der Waals surface area contributed by atoms with E-state index in [0.717, 1.165) is 38.5 Å². The van der Waals surface area contributed by atoms with Gasteiger partial charge in [0.25, 0.3) is 5.91 Å². The van der Waals surface area contributed by atoms with E-state index in [9.17, 15) is 4.79 Å². The summed E-state index contributed by atoms with van der Waals surface area (Å²) in [4.78, 5) is 22.8. The van der Waals surface area contributed by atoms with Crippen molar-refractivity contribution < 1.29 is 14.3 Å². The minimum atomic E-state index is -0.241. The van der Waals surface area contributed by atoms with E-state index in [1.54, 1.807) is 19.2 Å². The van der Waals surface area contributed by atoms with Crippen molar-refractivity contribution in [3.05, 3.63) is 41.3 Å². The normalized spacial score (nSPS) is 14.6. The molecule has 0 bridgehead atoms. The predicted molar refractivity (Wildman–Crippen MR) is 103 cm³/mol. The molecule has 1 aromatic heterocycles. The van der Waals surface area contributed by atoms with E-state index in [2.05, 4.69) is 25.5 Å². The minimum absolute atomic E-state index is 0.241. The third-order valence-electron chi connectivity index (χ3n) is 4.13. The zero-order valence-electron chi connectivity index (χ0n) is 15.1. The van der Waals surface area contributed by atoms with Gasteiger partial charge in [-0.2, -0.15) is 0 Å². The van der Waals surface area contributed by atoms with Crippen LogP contribution in [0.3, 0.4) is 0 Å². The van der Waals surface area contributed by atoms with E-state index in [0.29, 0.717) is 23.1 Å². The Hall–Kier alpha value is -2.42. The zero-order chi connectivity index (χ0) is 19.1. The molecule has 0 spiro atoms. The molecule has 8 nitrogen and oxygen atoms in total. The summed E-state index contributed by atoms with van der Waals surface area (Å²) >= 11 is 6.10. The highest BCUT2D eigenvalue weighted by molar-refractivity contribution is 6.32. The number of carbonyl (C=O) groups is 1. The quantitative estimate of drug-likeness (QED) is 0.745. The molecule has 2 N–H and O–H groups in total. The van der Waals surface area contributed by atoms with Crippen LogP contribution in [-0.2, 0) is 4.74 Å². The second-order valence-electron chi connectivity index (χ2n) is 5.97. The maximum absolute atomic E-state index is 12.2. The zero-order valence-corrected chi connectivity index (χ0v) is 15.8. The molecule has 1 fully saturated rings. The number of methoxy groups -OCH3 is 1. The van der Waals surface area contributed by atoms with Gasteiger partial charge in [-0.1, -0.05) is 11.6 Å². The van der Waals surface area contributed by atoms with E-state index in [1.165, 1.54) is 12.4 Å². The standard InChI is InChI=1S/C18H22ClN5O3/c1-26-16-3-2-13(10-14(16)19)23-17-12-21-15(11-22-17)18(25)20-4-5-24-6-8-27-9-7-24/h2-3,10-12H,4-9H2,1H3,(H,20,25)(H,22,23). The van der Waals surface area contributed by atoms with Crippen molar-refractivity contribution in [2.75, 3.05) is 51.8 Å². The number of nitrogens with one attached hydrogen (secondary N) is 2. The first kappa shape index (κ1) is 19.3. The number of nitrogens with zero attached hydrogens (tertiary/aromatic N) is 3. The lowest BCUT2D eigenvalue weighted by Gasteiger charge is -2.26. The molecule has 1 aliphatic rings. The van der Waals surface area contributed by atoms with Gasteiger partial charge in [0, 0.05) is 31.9 Å². The number of ether oxygens (including phenoxy) is 2. The third-order valence-corrected chi connectivity index (χ3v) is 4.42. The molecule has 0 saturated carbocycles. The summed E-state index contributed by atoms with van der Waals surface area (Å²) in [6.45, 7) is 4.63. The lowest BCUT2D eigenvalue weighted by molar-refractivity contribution is 0.0383. The Labute approximate surface area is 162 Å². The number of benzene rings is 1. The lowest BCUT2D eigenvalue weighted by atomic mass is 10.3. The van der Waals surface area contributed by atoms with Crippen molar-refractivity contribution in [1.82, 2.24) is 20.2 Å². The first-order chi connectivity index (χ1) is 13.2. The number of hydrogen-bond donors (Lipinski definition) is 2. The Balaban J connectivity index is 1.50. The van der Waals surface area contributed by atoms with Gasteiger partial charge in [0.05, 0.1) is 37.7 Å². The summed E-state index contributed by atoms with van der Waals surface area (Å²) in [6, 6.07) is 5.31. The fraction of sp³-hybridized carbons (Fsp3) is 0.389. The number of halogens is 1. The molecule has 0 atom stereocenters. The third kappa shape index (κ3) is 5.53. The van der Waals surface area contributed by atoms with Gasteiger partial charge in [0.2, 0.25) is 0 Å². The second kappa shape index (κ2) is 9.50. The molecule has 1 aliphatic heterocycles. The van der Waals surface area contributed by atoms with Crippen LogP contribution in [0.5, 0.6) is 5.75 Å². The smallest absolute Gasteiger partial charge is 0.271 e. The molecule has 0 aliphatic carbocycles. The van der Waals surface area contributed by atoms with Gasteiger partial charge in [-0.15, -0.1) is 0 Å². The number of amides is 1. The minimum Gasteiger partial charge on any atom is -0.495 e. The van der Waals surface area contributed by atoms with Crippen molar-refractivity contribution in [1.29, 1.82) is 0 Å². The van der Waals surface area contributed by atoms with E-state index in [4.69, 9.17) is 21.1 Å². The number of rotatable bonds is 7. The van der Waals surface area contributed by atoms with Crippen molar-refractivity contribution >= 4 is 29.0 Å². The van der Waals surface area contributed by atoms with E-state index in [-0.39, 0.29) is 11.6 Å². The monoisotopic (exact) mass is 391 g/mol. The molecule has 0 radical (unpaired) electrons. The Kier molecular flexibility index (Phi) is 6.80. The average Bonchev–Trinajstić information content (AvgIpc) is 2.69. The maximum Gasteiger partial charge on any atom is 0.271 e. The van der Waals surface area contributed by atoms with Crippen LogP contribution >= 0.6 is 11.6 Å². The SMILES string of the molecule is COc1ccc(Nc2cnc(C(=O)NCCN3CCOCC3)cn2)cc1Cl. The lowest BCUT2D eigenvalue weighted by Crippen LogP contribution is -2.41. The summed E-state index contributed by atoms with van der Waals surface area (Å²) in [5.41, 5.74) is 1.02. The van der Waals surface area contributed by atoms with Crippen LogP contribution in [0.15, 0.2) is 30.6 Å². The van der Waals surface area contributed by atoms with E-state index < -0.39 is 0 Å². The molecular weight excluding hydrogens is 370 g/mol. The van der Waals surface area contributed by atoms with Crippen molar-refractivity contribution in [2.45, 2.75) is 0 Å². The Morgan fingerprint density at radius 1 is 1.30 bits per heavy atom. The van der Waals surface area contributed by atoms with Crippen LogP contribution in [0, 0.1) is 0 Å². The first-order valence-corrected chi connectivity index (χ1v) is 9.04. The van der Waals surface area contributed by atoms with E-state index in [1.807, 2.05) is 6.07 Å². The average molecular weight is 392 g/mol. The van der Waals surface area contributed by atoms with Gasteiger partial charge in [0.15, 0.2) is 0 Å². The molecule has 1 saturated heterocycles. The molecular formula is C18H22ClN5O3. The van der Waals surface area contributed by atoms with Gasteiger partial charge in [0.1, 0.15) is 17.3 Å². The highest BCUT2D eigenvalue weighted by Crippen LogP contribution is 2.28. The number of anilines is 2. The molecule has 3 rings (SSSR count). The van der Waals surface area contributed by atoms with Gasteiger partial charge < -0.3 is 20.1 Å². The van der Waals surface area contributed by atoms with Crippen LogP contribution in [0.2, 0.25) is 5.02 Å². The Morgan fingerprint density at radius 2 is 2.11 bits per heavy atom. The summed E-state index contributed by atoms with van der Waals surface area (Å²) in [7, 11) is 1.56. The molecule has 2 aromatic rings. The van der Waals surface area contributed by atoms with Gasteiger partial charge in [-0.05, 0) is 18.2 Å². The van der Waals surface area contributed by atoms with Crippen LogP contribution in [0.25, 0.3) is 0 Å². The van der Waals surface area contributed by atoms with Crippen molar-refractivity contribution in [2.24, 2.45) is 0 Å². The summed E-state index contributed by atoms with van der Waals surface area (Å²) in [6.07, 6.45) is 2.95. The van der Waals surface area contributed by atoms with Gasteiger partial charge in [-0.3, -0.25) is 9.69 Å². The van der Waals surface area contributed by atoms with Gasteiger partial charge in [-0.25, -0.2) is 9.97 Å². The highest BCUT2D eigenvalue weighted by atomic mass is 35.5. The molecule has 9 heteroatoms. The number of morpholine rings is 1. The maximum atomic E-state index is 12.2. The summed E-state index contributed by atoms with van der Waals surface area (Å²) in [5, 5.41) is 6.44. The summed E-state index contributed by atoms with van der Waals surface area (Å²) in [5.74, 6) is 0.869. The van der Waals surface area contributed by atoms with Crippen LogP contribution in [-0.4, -0.2) is 67.3 Å². The van der Waals surface area contributed by atoms with Crippen LogP contribution in [0.1, 0.15) is 10.5 Å². The first-order valence-electron chi connectivity index (χ1n) is 8.66. The summed E-state index contributed by atoms with van der Waals surface area (Å²) < 4.78 is 10.4. The molecule has 27 heavy (non-hydrogen) atoms. The molecule has 144 valence electrons. The fourth-order valence-electron chi connectivity index (χ4n) is 2.64. The highest BCUT2D eigenvalue weighted by Gasteiger charge is 2.12. The number of aromatic nitrogens is 2. The fourth-order valence-corrected chi connectivity index (χ4v) is 2.90. The second-order valence-corrected chi connectivity index (χ2v) is 6.38. The van der Waals surface area contributed by atoms with Crippen molar-refractivity contribution in [3.8, 4) is 5.75 Å². The van der Waals surface area contributed by atoms with Crippen molar-refractivity contribution in [3.63, 3.8) is 0 Å². The number of carbonyl (C=O) groups excluding carboxylic acids is 1. The molecule has 2 heterocycles. The molecule has 1 amide bonds. The number of hydrogen-bond acceptors (Lipinski definition) is 7. The largest absolute Gasteiger partial charge is 0.495 e. The van der Waals surface area contributed by atoms with Gasteiger partial charge >= 0.3 is 0 Å². The van der Waals surface area contributed by atoms with Crippen LogP contribution < -0.4 is 15.4 Å². The Bertz CT molecular complexity index is 766. The molecule has 1 aromatic carbocycles. The predicted octanol–water partition coefficient (Wildman–Crippen LogP) is 1.94. The molecule has 0 unspecified atom stereocenters. The van der Waals surface area contributed by atoms with Crippen LogP contribution in [0.4, 0.5) is 11.5 Å². The van der Waals surface area contributed by atoms with E-state index >= 15 is 0 Å². The topological polar surface area (TPSA) is 88.6 Å².